The molecule has 136 valence electrons. The molecule has 1 aromatic carbocycles. The summed E-state index contributed by atoms with van der Waals surface area (Å²) >= 11 is 0. The average Bonchev–Trinajstić information content (AvgIpc) is 2.99. The number of alkyl halides is 3. The van der Waals surface area contributed by atoms with Gasteiger partial charge in [-0.2, -0.15) is 18.3 Å². The van der Waals surface area contributed by atoms with E-state index in [1.807, 2.05) is 0 Å². The smallest absolute Gasteiger partial charge is 0.345 e. The zero-order valence-corrected chi connectivity index (χ0v) is 13.9. The van der Waals surface area contributed by atoms with Gasteiger partial charge in [-0.25, -0.2) is 9.37 Å². The lowest BCUT2D eigenvalue weighted by molar-refractivity contribution is -0.142. The second-order valence-electron chi connectivity index (χ2n) is 5.96. The van der Waals surface area contributed by atoms with Gasteiger partial charge in [-0.1, -0.05) is 0 Å². The van der Waals surface area contributed by atoms with E-state index in [1.54, 1.807) is 14.1 Å². The number of benzene rings is 1. The molecule has 2 aromatic heterocycles. The molecular formula is C17H14F4N4O. The maximum absolute atomic E-state index is 13.6. The molecule has 1 amide bonds. The highest BCUT2D eigenvalue weighted by Gasteiger charge is 2.28. The summed E-state index contributed by atoms with van der Waals surface area (Å²) in [5, 5.41) is 4.13. The number of carbonyl (C=O) groups is 1. The monoisotopic (exact) mass is 366 g/mol. The number of carbonyl (C=O) groups excluding carboxylic acids is 1. The highest BCUT2D eigenvalue weighted by atomic mass is 19.4. The van der Waals surface area contributed by atoms with Crippen molar-refractivity contribution < 1.29 is 22.4 Å². The predicted octanol–water partition coefficient (Wildman–Crippen LogP) is 3.50. The Hall–Kier alpha value is -2.97. The molecule has 0 aliphatic rings. The third-order valence-electron chi connectivity index (χ3n) is 3.68. The lowest BCUT2D eigenvalue weighted by Gasteiger charge is -2.13. The fraction of sp³-hybridized carbons (Fsp3) is 0.235. The van der Waals surface area contributed by atoms with Crippen LogP contribution < -0.4 is 0 Å². The molecule has 0 aliphatic carbocycles. The topological polar surface area (TPSA) is 51.0 Å². The Morgan fingerprint density at radius 2 is 1.96 bits per heavy atom. The van der Waals surface area contributed by atoms with Crippen LogP contribution in [0.2, 0.25) is 0 Å². The van der Waals surface area contributed by atoms with Crippen molar-refractivity contribution in [1.82, 2.24) is 19.7 Å². The highest BCUT2D eigenvalue weighted by Crippen LogP contribution is 2.27. The Morgan fingerprint density at radius 3 is 2.62 bits per heavy atom. The van der Waals surface area contributed by atoms with Crippen molar-refractivity contribution in [3.8, 4) is 11.3 Å². The Labute approximate surface area is 145 Å². The lowest BCUT2D eigenvalue weighted by Crippen LogP contribution is -2.22. The summed E-state index contributed by atoms with van der Waals surface area (Å²) in [7, 11) is 3.14. The van der Waals surface area contributed by atoms with E-state index in [2.05, 4.69) is 10.1 Å². The van der Waals surface area contributed by atoms with Crippen LogP contribution in [-0.4, -0.2) is 45.8 Å². The predicted molar refractivity (Wildman–Crippen MR) is 87.0 cm³/mol. The van der Waals surface area contributed by atoms with Gasteiger partial charge in [0.2, 0.25) is 0 Å². The Kier molecular flexibility index (Phi) is 4.39. The van der Waals surface area contributed by atoms with Crippen LogP contribution in [0.25, 0.3) is 22.2 Å². The first-order valence-corrected chi connectivity index (χ1v) is 7.55. The van der Waals surface area contributed by atoms with Crippen LogP contribution in [0.5, 0.6) is 0 Å². The summed E-state index contributed by atoms with van der Waals surface area (Å²) in [5.74, 6) is -0.855. The number of halogens is 4. The van der Waals surface area contributed by atoms with Gasteiger partial charge in [0, 0.05) is 37.3 Å². The second kappa shape index (κ2) is 6.40. The molecule has 0 saturated heterocycles. The highest BCUT2D eigenvalue weighted by molar-refractivity contribution is 6.07. The van der Waals surface area contributed by atoms with Gasteiger partial charge < -0.3 is 4.90 Å². The first-order chi connectivity index (χ1) is 12.1. The van der Waals surface area contributed by atoms with E-state index in [1.165, 1.54) is 41.6 Å². The van der Waals surface area contributed by atoms with Gasteiger partial charge in [0.25, 0.3) is 5.91 Å². The first-order valence-electron chi connectivity index (χ1n) is 7.55. The quantitative estimate of drug-likeness (QED) is 0.667. The molecular weight excluding hydrogens is 352 g/mol. The van der Waals surface area contributed by atoms with Gasteiger partial charge in [-0.15, -0.1) is 0 Å². The van der Waals surface area contributed by atoms with Crippen molar-refractivity contribution >= 4 is 16.8 Å². The molecule has 3 aromatic rings. The fourth-order valence-electron chi connectivity index (χ4n) is 2.53. The van der Waals surface area contributed by atoms with Crippen molar-refractivity contribution in [2.75, 3.05) is 14.1 Å². The van der Waals surface area contributed by atoms with Crippen LogP contribution in [0.15, 0.2) is 36.7 Å². The van der Waals surface area contributed by atoms with Crippen molar-refractivity contribution in [1.29, 1.82) is 0 Å². The number of fused-ring (bicyclic) bond motifs is 1. The zero-order chi connectivity index (χ0) is 19.1. The Bertz CT molecular complexity index is 979. The number of hydrogen-bond acceptors (Lipinski definition) is 3. The molecule has 5 nitrogen and oxygen atoms in total. The molecule has 0 N–H and O–H groups in total. The van der Waals surface area contributed by atoms with Crippen LogP contribution in [-0.2, 0) is 6.54 Å². The Morgan fingerprint density at radius 1 is 1.23 bits per heavy atom. The molecule has 3 rings (SSSR count). The molecule has 0 aliphatic heterocycles. The normalized spacial score (nSPS) is 11.8. The molecule has 0 atom stereocenters. The van der Waals surface area contributed by atoms with Crippen LogP contribution in [0.3, 0.4) is 0 Å². The van der Waals surface area contributed by atoms with Crippen molar-refractivity contribution in [3.63, 3.8) is 0 Å². The number of rotatable bonds is 3. The molecule has 0 unspecified atom stereocenters. The maximum Gasteiger partial charge on any atom is 0.408 e. The molecule has 2 heterocycles. The van der Waals surface area contributed by atoms with Gasteiger partial charge in [-0.05, 0) is 18.2 Å². The molecule has 0 saturated carbocycles. The summed E-state index contributed by atoms with van der Waals surface area (Å²) in [6, 6.07) is 5.31. The fourth-order valence-corrected chi connectivity index (χ4v) is 2.53. The Balaban J connectivity index is 2.13. The number of pyridine rings is 1. The van der Waals surface area contributed by atoms with Crippen LogP contribution in [0, 0.1) is 5.82 Å². The van der Waals surface area contributed by atoms with E-state index in [0.29, 0.717) is 10.9 Å². The molecule has 0 radical (unpaired) electrons. The first kappa shape index (κ1) is 17.8. The van der Waals surface area contributed by atoms with Gasteiger partial charge in [0.15, 0.2) is 0 Å². The number of nitrogens with zero attached hydrogens (tertiary/aromatic N) is 4. The third kappa shape index (κ3) is 3.66. The van der Waals surface area contributed by atoms with Gasteiger partial charge in [0.1, 0.15) is 12.4 Å². The summed E-state index contributed by atoms with van der Waals surface area (Å²) < 4.78 is 51.8. The number of aromatic nitrogens is 3. The molecule has 0 fully saturated rings. The van der Waals surface area contributed by atoms with Crippen molar-refractivity contribution in [2.45, 2.75) is 12.7 Å². The molecule has 0 spiro atoms. The standard InChI is InChI=1S/C17H14F4N4O/c1-24(2)16(26)13-6-14(23-15-5-11(18)3-4-12(13)15)10-7-22-25(8-10)9-17(19,20)21/h3-8H,9H2,1-2H3. The summed E-state index contributed by atoms with van der Waals surface area (Å²) in [6.07, 6.45) is -2.00. The van der Waals surface area contributed by atoms with Crippen LogP contribution in [0.4, 0.5) is 17.6 Å². The number of hydrogen-bond donors (Lipinski definition) is 0. The lowest BCUT2D eigenvalue weighted by atomic mass is 10.0. The third-order valence-corrected chi connectivity index (χ3v) is 3.68. The van der Waals surface area contributed by atoms with E-state index < -0.39 is 18.5 Å². The SMILES string of the molecule is CN(C)C(=O)c1cc(-c2cnn(CC(F)(F)F)c2)nc2cc(F)ccc12. The average molecular weight is 366 g/mol. The molecule has 26 heavy (non-hydrogen) atoms. The molecule has 0 bridgehead atoms. The van der Waals surface area contributed by atoms with Gasteiger partial charge >= 0.3 is 6.18 Å². The second-order valence-corrected chi connectivity index (χ2v) is 5.96. The minimum atomic E-state index is -4.41. The van der Waals surface area contributed by atoms with Gasteiger partial charge in [-0.3, -0.25) is 9.48 Å². The van der Waals surface area contributed by atoms with Crippen LogP contribution in [0.1, 0.15) is 10.4 Å². The maximum atomic E-state index is 13.6. The van der Waals surface area contributed by atoms with Crippen molar-refractivity contribution in [2.24, 2.45) is 0 Å². The minimum absolute atomic E-state index is 0.233. The van der Waals surface area contributed by atoms with E-state index in [-0.39, 0.29) is 22.7 Å². The van der Waals surface area contributed by atoms with Crippen molar-refractivity contribution in [3.05, 3.63) is 48.0 Å². The molecule has 9 heteroatoms. The van der Waals surface area contributed by atoms with E-state index in [4.69, 9.17) is 0 Å². The largest absolute Gasteiger partial charge is 0.408 e. The number of amides is 1. The van der Waals surface area contributed by atoms with E-state index in [9.17, 15) is 22.4 Å². The van der Waals surface area contributed by atoms with E-state index in [0.717, 1.165) is 4.68 Å². The van der Waals surface area contributed by atoms with Gasteiger partial charge in [0.05, 0.1) is 23.0 Å². The van der Waals surface area contributed by atoms with Crippen LogP contribution >= 0.6 is 0 Å². The summed E-state index contributed by atoms with van der Waals surface area (Å²) in [4.78, 5) is 18.1. The van der Waals surface area contributed by atoms with E-state index >= 15 is 0 Å². The minimum Gasteiger partial charge on any atom is -0.345 e. The summed E-state index contributed by atoms with van der Waals surface area (Å²) in [6.45, 7) is -1.24. The zero-order valence-electron chi connectivity index (χ0n) is 13.9. The summed E-state index contributed by atoms with van der Waals surface area (Å²) in [5.41, 5.74) is 1.05.